The molecule has 3 aromatic rings. The fourth-order valence-corrected chi connectivity index (χ4v) is 3.82. The van der Waals surface area contributed by atoms with Crippen LogP contribution in [0.4, 0.5) is 0 Å². The summed E-state index contributed by atoms with van der Waals surface area (Å²) in [5, 5.41) is 0.645. The Morgan fingerprint density at radius 1 is 1.15 bits per heavy atom. The summed E-state index contributed by atoms with van der Waals surface area (Å²) in [4.78, 5) is 21.3. The highest BCUT2D eigenvalue weighted by atomic mass is 79.9. The molecule has 1 aliphatic rings. The number of amides is 1. The van der Waals surface area contributed by atoms with Gasteiger partial charge in [-0.2, -0.15) is 0 Å². The Kier molecular flexibility index (Phi) is 5.48. The number of piperazine rings is 1. The smallest absolute Gasteiger partial charge is 0.227 e. The molecule has 5 nitrogen and oxygen atoms in total. The minimum absolute atomic E-state index is 0.120. The SMILES string of the molecule is O=C(Cc1ccccc1Cl)N1CCN(Cc2nc3ccc(Br)cc3o2)CC1. The first kappa shape index (κ1) is 18.5. The van der Waals surface area contributed by atoms with Crippen LogP contribution in [-0.4, -0.2) is 46.9 Å². The van der Waals surface area contributed by atoms with E-state index in [-0.39, 0.29) is 5.91 Å². The average molecular weight is 449 g/mol. The Balaban J connectivity index is 1.33. The molecule has 140 valence electrons. The molecule has 0 radical (unpaired) electrons. The summed E-state index contributed by atoms with van der Waals surface area (Å²) in [7, 11) is 0. The van der Waals surface area contributed by atoms with E-state index in [1.807, 2.05) is 47.4 Å². The Morgan fingerprint density at radius 3 is 2.70 bits per heavy atom. The Hall–Kier alpha value is -1.89. The lowest BCUT2D eigenvalue weighted by molar-refractivity contribution is -0.132. The summed E-state index contributed by atoms with van der Waals surface area (Å²) in [6, 6.07) is 13.3. The van der Waals surface area contributed by atoms with Gasteiger partial charge in [0, 0.05) is 35.7 Å². The van der Waals surface area contributed by atoms with Gasteiger partial charge in [-0.3, -0.25) is 9.69 Å². The van der Waals surface area contributed by atoms with E-state index in [1.54, 1.807) is 0 Å². The van der Waals surface area contributed by atoms with Crippen LogP contribution in [0, 0.1) is 0 Å². The molecule has 0 bridgehead atoms. The van der Waals surface area contributed by atoms with Crippen molar-refractivity contribution >= 4 is 44.5 Å². The number of carbonyl (C=O) groups is 1. The summed E-state index contributed by atoms with van der Waals surface area (Å²) < 4.78 is 6.82. The van der Waals surface area contributed by atoms with Gasteiger partial charge in [0.15, 0.2) is 5.58 Å². The molecule has 0 spiro atoms. The number of aromatic nitrogens is 1. The third-order valence-corrected chi connectivity index (χ3v) is 5.64. The van der Waals surface area contributed by atoms with Crippen molar-refractivity contribution in [3.63, 3.8) is 0 Å². The van der Waals surface area contributed by atoms with E-state index in [1.165, 1.54) is 0 Å². The molecule has 1 aliphatic heterocycles. The summed E-state index contributed by atoms with van der Waals surface area (Å²) in [6.45, 7) is 3.66. The number of rotatable bonds is 4. The normalized spacial score (nSPS) is 15.4. The fourth-order valence-electron chi connectivity index (χ4n) is 3.28. The van der Waals surface area contributed by atoms with Gasteiger partial charge in [0.05, 0.1) is 13.0 Å². The molecule has 0 atom stereocenters. The summed E-state index contributed by atoms with van der Waals surface area (Å²) in [5.74, 6) is 0.827. The first-order chi connectivity index (χ1) is 13.1. The quantitative estimate of drug-likeness (QED) is 0.602. The van der Waals surface area contributed by atoms with Crippen molar-refractivity contribution in [2.24, 2.45) is 0 Å². The Bertz CT molecular complexity index is 967. The zero-order valence-corrected chi connectivity index (χ0v) is 17.0. The molecule has 2 aromatic carbocycles. The zero-order valence-electron chi connectivity index (χ0n) is 14.7. The van der Waals surface area contributed by atoms with Crippen LogP contribution < -0.4 is 0 Å². The van der Waals surface area contributed by atoms with Gasteiger partial charge in [0.1, 0.15) is 5.52 Å². The molecule has 27 heavy (non-hydrogen) atoms. The molecule has 0 aliphatic carbocycles. The Labute approximate surface area is 171 Å². The third-order valence-electron chi connectivity index (χ3n) is 4.78. The molecule has 2 heterocycles. The minimum Gasteiger partial charge on any atom is -0.439 e. The molecule has 0 saturated carbocycles. The van der Waals surface area contributed by atoms with Crippen molar-refractivity contribution in [1.29, 1.82) is 0 Å². The molecule has 4 rings (SSSR count). The predicted octanol–water partition coefficient (Wildman–Crippen LogP) is 4.13. The average Bonchev–Trinajstić information content (AvgIpc) is 3.05. The van der Waals surface area contributed by atoms with E-state index >= 15 is 0 Å². The summed E-state index contributed by atoms with van der Waals surface area (Å²) in [5.41, 5.74) is 2.53. The van der Waals surface area contributed by atoms with Crippen LogP contribution >= 0.6 is 27.5 Å². The van der Waals surface area contributed by atoms with Crippen LogP contribution in [0.5, 0.6) is 0 Å². The van der Waals surface area contributed by atoms with E-state index in [0.29, 0.717) is 37.0 Å². The van der Waals surface area contributed by atoms with Crippen molar-refractivity contribution in [2.75, 3.05) is 26.2 Å². The lowest BCUT2D eigenvalue weighted by Gasteiger charge is -2.34. The second kappa shape index (κ2) is 8.00. The van der Waals surface area contributed by atoms with Gasteiger partial charge in [0.25, 0.3) is 0 Å². The standard InChI is InChI=1S/C20H19BrClN3O2/c21-15-5-6-17-18(12-15)27-19(23-17)13-24-7-9-25(10-8-24)20(26)11-14-3-1-2-4-16(14)22/h1-6,12H,7-11,13H2. The van der Waals surface area contributed by atoms with Gasteiger partial charge >= 0.3 is 0 Å². The maximum absolute atomic E-state index is 12.5. The highest BCUT2D eigenvalue weighted by molar-refractivity contribution is 9.10. The molecule has 0 unspecified atom stereocenters. The number of fused-ring (bicyclic) bond motifs is 1. The van der Waals surface area contributed by atoms with Gasteiger partial charge < -0.3 is 9.32 Å². The van der Waals surface area contributed by atoms with Crippen LogP contribution in [0.25, 0.3) is 11.1 Å². The lowest BCUT2D eigenvalue weighted by atomic mass is 10.1. The molecule has 1 amide bonds. The fraction of sp³-hybridized carbons (Fsp3) is 0.300. The summed E-state index contributed by atoms with van der Waals surface area (Å²) in [6.07, 6.45) is 0.347. The molecular formula is C20H19BrClN3O2. The Morgan fingerprint density at radius 2 is 1.93 bits per heavy atom. The molecule has 1 fully saturated rings. The van der Waals surface area contributed by atoms with E-state index in [4.69, 9.17) is 16.0 Å². The van der Waals surface area contributed by atoms with Crippen LogP contribution in [-0.2, 0) is 17.8 Å². The molecule has 0 N–H and O–H groups in total. The first-order valence-corrected chi connectivity index (χ1v) is 10.0. The number of benzene rings is 2. The van der Waals surface area contributed by atoms with Crippen LogP contribution in [0.2, 0.25) is 5.02 Å². The highest BCUT2D eigenvalue weighted by Gasteiger charge is 2.23. The molecule has 7 heteroatoms. The van der Waals surface area contributed by atoms with E-state index in [0.717, 1.165) is 34.2 Å². The topological polar surface area (TPSA) is 49.6 Å². The van der Waals surface area contributed by atoms with Gasteiger partial charge in [-0.15, -0.1) is 0 Å². The van der Waals surface area contributed by atoms with E-state index < -0.39 is 0 Å². The first-order valence-electron chi connectivity index (χ1n) is 8.87. The second-order valence-electron chi connectivity index (χ2n) is 6.64. The maximum Gasteiger partial charge on any atom is 0.227 e. The third kappa shape index (κ3) is 4.34. The number of nitrogens with zero attached hydrogens (tertiary/aromatic N) is 3. The van der Waals surface area contributed by atoms with Gasteiger partial charge in [-0.25, -0.2) is 4.98 Å². The van der Waals surface area contributed by atoms with E-state index in [9.17, 15) is 4.79 Å². The zero-order chi connectivity index (χ0) is 18.8. The van der Waals surface area contributed by atoms with E-state index in [2.05, 4.69) is 25.8 Å². The van der Waals surface area contributed by atoms with Crippen molar-refractivity contribution in [1.82, 2.24) is 14.8 Å². The monoisotopic (exact) mass is 447 g/mol. The van der Waals surface area contributed by atoms with Gasteiger partial charge in [0.2, 0.25) is 11.8 Å². The van der Waals surface area contributed by atoms with Crippen LogP contribution in [0.15, 0.2) is 51.4 Å². The number of carbonyl (C=O) groups excluding carboxylic acids is 1. The lowest BCUT2D eigenvalue weighted by Crippen LogP contribution is -2.48. The van der Waals surface area contributed by atoms with Gasteiger partial charge in [-0.1, -0.05) is 45.7 Å². The predicted molar refractivity (Wildman–Crippen MR) is 109 cm³/mol. The maximum atomic E-state index is 12.5. The largest absolute Gasteiger partial charge is 0.439 e. The van der Waals surface area contributed by atoms with Gasteiger partial charge in [-0.05, 0) is 29.8 Å². The molecular weight excluding hydrogens is 430 g/mol. The number of hydrogen-bond donors (Lipinski definition) is 0. The van der Waals surface area contributed by atoms with Crippen LogP contribution in [0.3, 0.4) is 0 Å². The van der Waals surface area contributed by atoms with Crippen molar-refractivity contribution in [2.45, 2.75) is 13.0 Å². The number of halogens is 2. The molecule has 1 aromatic heterocycles. The van der Waals surface area contributed by atoms with Crippen LogP contribution in [0.1, 0.15) is 11.5 Å². The highest BCUT2D eigenvalue weighted by Crippen LogP contribution is 2.22. The number of oxazole rings is 1. The summed E-state index contributed by atoms with van der Waals surface area (Å²) >= 11 is 9.61. The van der Waals surface area contributed by atoms with Crippen molar-refractivity contribution < 1.29 is 9.21 Å². The number of hydrogen-bond acceptors (Lipinski definition) is 4. The van der Waals surface area contributed by atoms with Crippen molar-refractivity contribution in [3.05, 3.63) is 63.4 Å². The van der Waals surface area contributed by atoms with Crippen molar-refractivity contribution in [3.8, 4) is 0 Å². The molecule has 1 saturated heterocycles. The second-order valence-corrected chi connectivity index (χ2v) is 7.97. The minimum atomic E-state index is 0.120.